The van der Waals surface area contributed by atoms with Crippen LogP contribution in [-0.4, -0.2) is 30.3 Å². The quantitative estimate of drug-likeness (QED) is 0.311. The van der Waals surface area contributed by atoms with Crippen molar-refractivity contribution in [2.75, 3.05) is 19.4 Å². The summed E-state index contributed by atoms with van der Waals surface area (Å²) in [7, 11) is 1.12. The van der Waals surface area contributed by atoms with E-state index in [9.17, 15) is 14.9 Å². The van der Waals surface area contributed by atoms with E-state index in [1.165, 1.54) is 11.8 Å². The first-order chi connectivity index (χ1) is 6.66. The van der Waals surface area contributed by atoms with Gasteiger partial charge >= 0.3 is 11.7 Å². The summed E-state index contributed by atoms with van der Waals surface area (Å²) in [5.41, 5.74) is -0.503. The molecular formula is C7H10N2O4S. The summed E-state index contributed by atoms with van der Waals surface area (Å²) >= 11 is 1.27. The number of nitro groups is 1. The Bertz CT molecular complexity index is 281. The summed E-state index contributed by atoms with van der Waals surface area (Å²) in [6.45, 7) is 0.649. The lowest BCUT2D eigenvalue weighted by molar-refractivity contribution is -0.422. The molecule has 1 aliphatic rings. The topological polar surface area (TPSA) is 81.5 Å². The Kier molecular flexibility index (Phi) is 3.75. The second-order valence-corrected chi connectivity index (χ2v) is 3.66. The minimum absolute atomic E-state index is 0.299. The maximum absolute atomic E-state index is 11.1. The van der Waals surface area contributed by atoms with Crippen LogP contribution in [0.4, 0.5) is 0 Å². The van der Waals surface area contributed by atoms with Crippen molar-refractivity contribution in [3.8, 4) is 0 Å². The fraction of sp³-hybridized carbons (Fsp3) is 0.571. The van der Waals surface area contributed by atoms with Gasteiger partial charge in [-0.25, -0.2) is 4.79 Å². The lowest BCUT2D eigenvalue weighted by Crippen LogP contribution is -2.26. The standard InChI is InChI=1S/C7H10N2O4S/c1-13-7(10)5(9(11)12)6-8-3-2-4-14-6/h8H,2-4H2,1H3/b6-5-. The summed E-state index contributed by atoms with van der Waals surface area (Å²) in [6, 6.07) is 0. The van der Waals surface area contributed by atoms with Crippen molar-refractivity contribution < 1.29 is 14.5 Å². The lowest BCUT2D eigenvalue weighted by atomic mass is 10.4. The normalized spacial score (nSPS) is 19.5. The van der Waals surface area contributed by atoms with Gasteiger partial charge < -0.3 is 10.1 Å². The Morgan fingerprint density at radius 1 is 1.71 bits per heavy atom. The van der Waals surface area contributed by atoms with Gasteiger partial charge in [-0.3, -0.25) is 10.1 Å². The second kappa shape index (κ2) is 4.85. The number of ether oxygens (including phenoxy) is 1. The molecule has 0 aromatic carbocycles. The van der Waals surface area contributed by atoms with Crippen LogP contribution in [0, 0.1) is 10.1 Å². The summed E-state index contributed by atoms with van der Waals surface area (Å²) < 4.78 is 4.34. The molecule has 6 nitrogen and oxygen atoms in total. The molecule has 0 saturated carbocycles. The van der Waals surface area contributed by atoms with Crippen molar-refractivity contribution >= 4 is 17.7 Å². The van der Waals surface area contributed by atoms with Crippen LogP contribution in [0.2, 0.25) is 0 Å². The molecule has 1 heterocycles. The predicted molar refractivity (Wildman–Crippen MR) is 51.1 cm³/mol. The van der Waals surface area contributed by atoms with Crippen LogP contribution in [0.5, 0.6) is 0 Å². The van der Waals surface area contributed by atoms with E-state index in [0.717, 1.165) is 19.3 Å². The molecule has 1 fully saturated rings. The molecule has 0 atom stereocenters. The first kappa shape index (κ1) is 10.8. The first-order valence-corrected chi connectivity index (χ1v) is 4.99. The van der Waals surface area contributed by atoms with Crippen molar-refractivity contribution in [3.05, 3.63) is 20.8 Å². The molecule has 7 heteroatoms. The van der Waals surface area contributed by atoms with Crippen LogP contribution in [-0.2, 0) is 9.53 Å². The fourth-order valence-corrected chi connectivity index (χ4v) is 1.99. The highest BCUT2D eigenvalue weighted by atomic mass is 32.2. The zero-order chi connectivity index (χ0) is 10.6. The Morgan fingerprint density at radius 3 is 2.86 bits per heavy atom. The van der Waals surface area contributed by atoms with Gasteiger partial charge in [0, 0.05) is 12.3 Å². The number of thioether (sulfide) groups is 1. The third-order valence-electron chi connectivity index (χ3n) is 1.63. The third-order valence-corrected chi connectivity index (χ3v) is 2.75. The molecule has 1 aliphatic heterocycles. The van der Waals surface area contributed by atoms with E-state index >= 15 is 0 Å². The minimum Gasteiger partial charge on any atom is -0.461 e. The van der Waals surface area contributed by atoms with E-state index in [4.69, 9.17) is 0 Å². The van der Waals surface area contributed by atoms with E-state index in [0.29, 0.717) is 11.6 Å². The number of carbonyl (C=O) groups is 1. The van der Waals surface area contributed by atoms with E-state index in [1.807, 2.05) is 0 Å². The van der Waals surface area contributed by atoms with Gasteiger partial charge in [0.15, 0.2) is 5.03 Å². The number of nitrogens with zero attached hydrogens (tertiary/aromatic N) is 1. The van der Waals surface area contributed by atoms with Gasteiger partial charge in [0.05, 0.1) is 12.0 Å². The Balaban J connectivity index is 2.94. The highest BCUT2D eigenvalue weighted by Crippen LogP contribution is 2.22. The summed E-state index contributed by atoms with van der Waals surface area (Å²) in [5.74, 6) is -0.136. The van der Waals surface area contributed by atoms with Crippen molar-refractivity contribution in [1.29, 1.82) is 0 Å². The number of methoxy groups -OCH3 is 1. The zero-order valence-corrected chi connectivity index (χ0v) is 8.43. The van der Waals surface area contributed by atoms with Crippen molar-refractivity contribution in [2.45, 2.75) is 6.42 Å². The van der Waals surface area contributed by atoms with Crippen LogP contribution in [0.3, 0.4) is 0 Å². The largest absolute Gasteiger partial charge is 0.461 e. The molecule has 0 amide bonds. The van der Waals surface area contributed by atoms with Gasteiger partial charge in [0.1, 0.15) is 0 Å². The zero-order valence-electron chi connectivity index (χ0n) is 7.61. The summed E-state index contributed by atoms with van der Waals surface area (Å²) in [6.07, 6.45) is 0.931. The Hall–Kier alpha value is -1.24. The van der Waals surface area contributed by atoms with E-state index in [-0.39, 0.29) is 0 Å². The van der Waals surface area contributed by atoms with Crippen LogP contribution in [0.1, 0.15) is 6.42 Å². The third kappa shape index (κ3) is 2.38. The smallest absolute Gasteiger partial charge is 0.412 e. The fourth-order valence-electron chi connectivity index (χ4n) is 0.998. The average Bonchev–Trinajstić information content (AvgIpc) is 2.19. The molecule has 78 valence electrons. The van der Waals surface area contributed by atoms with Crippen LogP contribution >= 0.6 is 11.8 Å². The van der Waals surface area contributed by atoms with Gasteiger partial charge in [0.25, 0.3) is 0 Å². The molecule has 0 unspecified atom stereocenters. The van der Waals surface area contributed by atoms with Crippen LogP contribution in [0.15, 0.2) is 10.7 Å². The van der Waals surface area contributed by atoms with Gasteiger partial charge in [-0.05, 0) is 6.42 Å². The number of hydrogen-bond donors (Lipinski definition) is 1. The molecule has 0 bridgehead atoms. The highest BCUT2D eigenvalue weighted by Gasteiger charge is 2.30. The lowest BCUT2D eigenvalue weighted by Gasteiger charge is -2.14. The SMILES string of the molecule is COC(=O)/C(=C1\NCCCS1)[N+](=O)[O-]. The molecule has 0 aromatic heterocycles. The highest BCUT2D eigenvalue weighted by molar-refractivity contribution is 8.03. The van der Waals surface area contributed by atoms with Gasteiger partial charge in [-0.2, -0.15) is 0 Å². The maximum Gasteiger partial charge on any atom is 0.412 e. The Morgan fingerprint density at radius 2 is 2.43 bits per heavy atom. The number of carbonyl (C=O) groups excluding carboxylic acids is 1. The molecule has 0 aromatic rings. The molecular weight excluding hydrogens is 208 g/mol. The number of esters is 1. The van der Waals surface area contributed by atoms with Crippen LogP contribution in [0.25, 0.3) is 0 Å². The summed E-state index contributed by atoms with van der Waals surface area (Å²) in [5, 5.41) is 13.7. The van der Waals surface area contributed by atoms with Gasteiger partial charge in [0.2, 0.25) is 0 Å². The van der Waals surface area contributed by atoms with E-state index in [2.05, 4.69) is 10.1 Å². The molecule has 1 saturated heterocycles. The molecule has 14 heavy (non-hydrogen) atoms. The Labute approximate surface area is 84.8 Å². The van der Waals surface area contributed by atoms with Crippen molar-refractivity contribution in [2.24, 2.45) is 0 Å². The van der Waals surface area contributed by atoms with E-state index in [1.54, 1.807) is 0 Å². The van der Waals surface area contributed by atoms with Crippen molar-refractivity contribution in [3.63, 3.8) is 0 Å². The van der Waals surface area contributed by atoms with Gasteiger partial charge in [-0.15, -0.1) is 11.8 Å². The number of hydrogen-bond acceptors (Lipinski definition) is 6. The van der Waals surface area contributed by atoms with Crippen molar-refractivity contribution in [1.82, 2.24) is 5.32 Å². The average molecular weight is 218 g/mol. The number of nitrogens with one attached hydrogen (secondary N) is 1. The predicted octanol–water partition coefficient (Wildman–Crippen LogP) is 0.332. The van der Waals surface area contributed by atoms with Gasteiger partial charge in [-0.1, -0.05) is 0 Å². The van der Waals surface area contributed by atoms with Crippen LogP contribution < -0.4 is 5.32 Å². The molecule has 1 N–H and O–H groups in total. The molecule has 1 rings (SSSR count). The molecule has 0 aliphatic carbocycles. The molecule has 0 radical (unpaired) electrons. The van der Waals surface area contributed by atoms with E-state index < -0.39 is 16.6 Å². The second-order valence-electron chi connectivity index (χ2n) is 2.56. The molecule has 0 spiro atoms. The monoisotopic (exact) mass is 218 g/mol. The minimum atomic E-state index is -0.910. The maximum atomic E-state index is 11.1. The number of rotatable bonds is 2. The summed E-state index contributed by atoms with van der Waals surface area (Å²) in [4.78, 5) is 21.0. The first-order valence-electron chi connectivity index (χ1n) is 4.00.